The third-order valence-electron chi connectivity index (χ3n) is 5.28. The number of ether oxygens (including phenoxy) is 2. The SMILES string of the molecule is CC(C)(C)[C@H]1CCc2onc(C(=O)Nc3ccc4c(c3)OCCO4)c2C1. The highest BCUT2D eigenvalue weighted by Gasteiger charge is 2.34. The van der Waals surface area contributed by atoms with E-state index in [0.29, 0.717) is 42.0 Å². The van der Waals surface area contributed by atoms with Gasteiger partial charge in [0, 0.05) is 23.7 Å². The van der Waals surface area contributed by atoms with Crippen molar-refractivity contribution < 1.29 is 18.8 Å². The van der Waals surface area contributed by atoms with Gasteiger partial charge in [-0.25, -0.2) is 0 Å². The summed E-state index contributed by atoms with van der Waals surface area (Å²) >= 11 is 0. The molecular formula is C20H24N2O4. The van der Waals surface area contributed by atoms with Crippen molar-refractivity contribution in [2.75, 3.05) is 18.5 Å². The maximum atomic E-state index is 12.8. The van der Waals surface area contributed by atoms with Crippen LogP contribution in [0.15, 0.2) is 22.7 Å². The molecule has 2 aliphatic rings. The number of rotatable bonds is 2. The largest absolute Gasteiger partial charge is 0.486 e. The molecular weight excluding hydrogens is 332 g/mol. The molecule has 0 bridgehead atoms. The predicted octanol–water partition coefficient (Wildman–Crippen LogP) is 3.85. The number of nitrogens with zero attached hydrogens (tertiary/aromatic N) is 1. The molecule has 2 aromatic rings. The fourth-order valence-corrected chi connectivity index (χ4v) is 3.63. The van der Waals surface area contributed by atoms with Crippen molar-refractivity contribution in [3.05, 3.63) is 35.2 Å². The summed E-state index contributed by atoms with van der Waals surface area (Å²) in [6.45, 7) is 7.77. The van der Waals surface area contributed by atoms with Crippen LogP contribution in [0.1, 0.15) is 49.0 Å². The summed E-state index contributed by atoms with van der Waals surface area (Å²) in [6.07, 6.45) is 2.72. The van der Waals surface area contributed by atoms with E-state index in [4.69, 9.17) is 14.0 Å². The Morgan fingerprint density at radius 2 is 1.96 bits per heavy atom. The van der Waals surface area contributed by atoms with Crippen molar-refractivity contribution in [3.8, 4) is 11.5 Å². The van der Waals surface area contributed by atoms with Crippen LogP contribution in [0.3, 0.4) is 0 Å². The Morgan fingerprint density at radius 3 is 2.73 bits per heavy atom. The molecule has 4 rings (SSSR count). The minimum atomic E-state index is -0.249. The fraction of sp³-hybridized carbons (Fsp3) is 0.500. The van der Waals surface area contributed by atoms with Gasteiger partial charge in [-0.3, -0.25) is 4.79 Å². The van der Waals surface area contributed by atoms with E-state index in [9.17, 15) is 4.79 Å². The lowest BCUT2D eigenvalue weighted by Crippen LogP contribution is -2.27. The number of aryl methyl sites for hydroxylation is 1. The number of hydrogen-bond acceptors (Lipinski definition) is 5. The normalized spacial score (nSPS) is 19.0. The highest BCUT2D eigenvalue weighted by molar-refractivity contribution is 6.04. The van der Waals surface area contributed by atoms with Crippen molar-refractivity contribution in [2.45, 2.75) is 40.0 Å². The van der Waals surface area contributed by atoms with Crippen LogP contribution >= 0.6 is 0 Å². The molecule has 1 N–H and O–H groups in total. The average Bonchev–Trinajstić information content (AvgIpc) is 3.04. The van der Waals surface area contributed by atoms with Gasteiger partial charge in [0.15, 0.2) is 17.2 Å². The summed E-state index contributed by atoms with van der Waals surface area (Å²) < 4.78 is 16.5. The number of carbonyl (C=O) groups excluding carboxylic acids is 1. The Labute approximate surface area is 152 Å². The van der Waals surface area contributed by atoms with E-state index in [1.807, 2.05) is 0 Å². The lowest BCUT2D eigenvalue weighted by Gasteiger charge is -2.33. The molecule has 1 atom stereocenters. The van der Waals surface area contributed by atoms with E-state index < -0.39 is 0 Å². The number of nitrogens with one attached hydrogen (secondary N) is 1. The van der Waals surface area contributed by atoms with E-state index in [0.717, 1.165) is 30.6 Å². The van der Waals surface area contributed by atoms with Gasteiger partial charge in [-0.05, 0) is 36.3 Å². The molecule has 2 heterocycles. The van der Waals surface area contributed by atoms with Crippen molar-refractivity contribution in [3.63, 3.8) is 0 Å². The molecule has 26 heavy (non-hydrogen) atoms. The Bertz CT molecular complexity index is 835. The number of aromatic nitrogens is 1. The topological polar surface area (TPSA) is 73.6 Å². The molecule has 6 nitrogen and oxygen atoms in total. The zero-order valence-electron chi connectivity index (χ0n) is 15.4. The van der Waals surface area contributed by atoms with E-state index in [1.165, 1.54) is 0 Å². The van der Waals surface area contributed by atoms with Gasteiger partial charge < -0.3 is 19.3 Å². The van der Waals surface area contributed by atoms with Gasteiger partial charge in [-0.15, -0.1) is 0 Å². The lowest BCUT2D eigenvalue weighted by atomic mass is 9.71. The first-order valence-corrected chi connectivity index (χ1v) is 9.10. The van der Waals surface area contributed by atoms with Gasteiger partial charge in [0.05, 0.1) is 0 Å². The molecule has 0 saturated heterocycles. The third kappa shape index (κ3) is 3.16. The fourth-order valence-electron chi connectivity index (χ4n) is 3.63. The van der Waals surface area contributed by atoms with E-state index in [-0.39, 0.29) is 11.3 Å². The van der Waals surface area contributed by atoms with E-state index >= 15 is 0 Å². The molecule has 0 fully saturated rings. The summed E-state index contributed by atoms with van der Waals surface area (Å²) in [5.74, 6) is 2.44. The predicted molar refractivity (Wildman–Crippen MR) is 96.9 cm³/mol. The number of hydrogen-bond donors (Lipinski definition) is 1. The molecule has 0 saturated carbocycles. The molecule has 1 aliphatic heterocycles. The molecule has 0 radical (unpaired) electrons. The quantitative estimate of drug-likeness (QED) is 0.885. The first-order valence-electron chi connectivity index (χ1n) is 9.10. The molecule has 138 valence electrons. The maximum Gasteiger partial charge on any atom is 0.278 e. The highest BCUT2D eigenvalue weighted by atomic mass is 16.6. The maximum absolute atomic E-state index is 12.8. The third-order valence-corrected chi connectivity index (χ3v) is 5.28. The molecule has 0 unspecified atom stereocenters. The number of anilines is 1. The van der Waals surface area contributed by atoms with Crippen LogP contribution in [0, 0.1) is 11.3 Å². The minimum absolute atomic E-state index is 0.193. The Morgan fingerprint density at radius 1 is 1.19 bits per heavy atom. The highest BCUT2D eigenvalue weighted by Crippen LogP contribution is 2.38. The van der Waals surface area contributed by atoms with Crippen LogP contribution in [-0.4, -0.2) is 24.3 Å². The van der Waals surface area contributed by atoms with Crippen LogP contribution in [0.2, 0.25) is 0 Å². The summed E-state index contributed by atoms with van der Waals surface area (Å²) in [5, 5.41) is 6.96. The molecule has 1 amide bonds. The van der Waals surface area contributed by atoms with Crippen molar-refractivity contribution in [1.82, 2.24) is 5.16 Å². The number of benzene rings is 1. The lowest BCUT2D eigenvalue weighted by molar-refractivity contribution is 0.101. The van der Waals surface area contributed by atoms with Crippen LogP contribution in [0.5, 0.6) is 11.5 Å². The van der Waals surface area contributed by atoms with E-state index in [1.54, 1.807) is 18.2 Å². The molecule has 1 aliphatic carbocycles. The van der Waals surface area contributed by atoms with Crippen molar-refractivity contribution >= 4 is 11.6 Å². The summed E-state index contributed by atoms with van der Waals surface area (Å²) in [5.41, 5.74) is 2.19. The minimum Gasteiger partial charge on any atom is -0.486 e. The number of carbonyl (C=O) groups is 1. The zero-order valence-corrected chi connectivity index (χ0v) is 15.4. The van der Waals surface area contributed by atoms with Gasteiger partial charge in [-0.1, -0.05) is 25.9 Å². The van der Waals surface area contributed by atoms with Gasteiger partial charge in [-0.2, -0.15) is 0 Å². The summed E-state index contributed by atoms with van der Waals surface area (Å²) in [6, 6.07) is 5.38. The Hall–Kier alpha value is -2.50. The standard InChI is InChI=1S/C20H24N2O4/c1-20(2,3)12-4-6-15-14(10-12)18(22-26-15)19(23)21-13-5-7-16-17(11-13)25-9-8-24-16/h5,7,11-12H,4,6,8-10H2,1-3H3,(H,21,23)/t12-/m0/s1. The molecule has 1 aromatic heterocycles. The number of amides is 1. The van der Waals surface area contributed by atoms with Crippen LogP contribution in [-0.2, 0) is 12.8 Å². The molecule has 0 spiro atoms. The Kier molecular flexibility index (Phi) is 4.13. The second kappa shape index (κ2) is 6.34. The van der Waals surface area contributed by atoms with Crippen LogP contribution in [0.25, 0.3) is 0 Å². The second-order valence-corrected chi connectivity index (χ2v) is 8.05. The Balaban J connectivity index is 1.54. The monoisotopic (exact) mass is 356 g/mol. The summed E-state index contributed by atoms with van der Waals surface area (Å²) in [4.78, 5) is 12.8. The zero-order chi connectivity index (χ0) is 18.3. The first-order chi connectivity index (χ1) is 12.4. The molecule has 6 heteroatoms. The van der Waals surface area contributed by atoms with Crippen LogP contribution in [0.4, 0.5) is 5.69 Å². The molecule has 1 aromatic carbocycles. The second-order valence-electron chi connectivity index (χ2n) is 8.05. The first kappa shape index (κ1) is 16.9. The smallest absolute Gasteiger partial charge is 0.278 e. The average molecular weight is 356 g/mol. The summed E-state index contributed by atoms with van der Waals surface area (Å²) in [7, 11) is 0. The van der Waals surface area contributed by atoms with Crippen LogP contribution < -0.4 is 14.8 Å². The van der Waals surface area contributed by atoms with Gasteiger partial charge >= 0.3 is 0 Å². The number of fused-ring (bicyclic) bond motifs is 2. The van der Waals surface area contributed by atoms with Gasteiger partial charge in [0.25, 0.3) is 5.91 Å². The van der Waals surface area contributed by atoms with Gasteiger partial charge in [0.1, 0.15) is 19.0 Å². The van der Waals surface area contributed by atoms with E-state index in [2.05, 4.69) is 31.2 Å². The van der Waals surface area contributed by atoms with Crippen molar-refractivity contribution in [2.24, 2.45) is 11.3 Å². The van der Waals surface area contributed by atoms with Crippen molar-refractivity contribution in [1.29, 1.82) is 0 Å². The van der Waals surface area contributed by atoms with Gasteiger partial charge in [0.2, 0.25) is 0 Å².